The second kappa shape index (κ2) is 9.03. The molecular formula is C15H20NO3-. The van der Waals surface area contributed by atoms with E-state index in [2.05, 4.69) is 13.0 Å². The first-order valence-electron chi connectivity index (χ1n) is 6.58. The van der Waals surface area contributed by atoms with Crippen LogP contribution in [0.15, 0.2) is 48.3 Å². The van der Waals surface area contributed by atoms with Crippen LogP contribution >= 0.6 is 0 Å². The molecule has 1 aliphatic rings. The van der Waals surface area contributed by atoms with Crippen molar-refractivity contribution in [1.82, 2.24) is 0 Å². The summed E-state index contributed by atoms with van der Waals surface area (Å²) in [5.41, 5.74) is 0.824. The van der Waals surface area contributed by atoms with Gasteiger partial charge in [-0.25, -0.2) is 0 Å². The lowest BCUT2D eigenvalue weighted by Crippen LogP contribution is -2.05. The normalized spacial score (nSPS) is 14.2. The SMILES string of the molecule is CCCCC/C=C/COC=C1C=C[C-]([N+](=O)[O-])C=C1. The van der Waals surface area contributed by atoms with Crippen LogP contribution in [0.2, 0.25) is 0 Å². The average molecular weight is 262 g/mol. The molecule has 104 valence electrons. The van der Waals surface area contributed by atoms with Crippen molar-refractivity contribution in [3.8, 4) is 0 Å². The van der Waals surface area contributed by atoms with Crippen LogP contribution in [0.3, 0.4) is 0 Å². The van der Waals surface area contributed by atoms with Gasteiger partial charge in [0.05, 0.1) is 6.26 Å². The van der Waals surface area contributed by atoms with Crippen LogP contribution in [0, 0.1) is 16.2 Å². The third-order valence-electron chi connectivity index (χ3n) is 2.66. The molecule has 0 amide bonds. The highest BCUT2D eigenvalue weighted by Crippen LogP contribution is 2.15. The fraction of sp³-hybridized carbons (Fsp3) is 0.400. The summed E-state index contributed by atoms with van der Waals surface area (Å²) in [4.78, 5) is 10.1. The average Bonchev–Trinajstić information content (AvgIpc) is 2.42. The maximum absolute atomic E-state index is 10.5. The minimum absolute atomic E-state index is 0.0907. The number of hydrogen-bond acceptors (Lipinski definition) is 3. The molecule has 1 aliphatic carbocycles. The number of nitro groups is 1. The molecule has 0 atom stereocenters. The smallest absolute Gasteiger partial charge is 0.163 e. The monoisotopic (exact) mass is 262 g/mol. The molecule has 0 aliphatic heterocycles. The lowest BCUT2D eigenvalue weighted by molar-refractivity contribution is -0.448. The predicted molar refractivity (Wildman–Crippen MR) is 75.8 cm³/mol. The molecule has 0 N–H and O–H groups in total. The Labute approximate surface area is 114 Å². The van der Waals surface area contributed by atoms with Gasteiger partial charge in [0.1, 0.15) is 6.61 Å². The molecule has 0 aromatic rings. The Kier molecular flexibility index (Phi) is 7.17. The van der Waals surface area contributed by atoms with Crippen molar-refractivity contribution in [3.05, 3.63) is 64.4 Å². The van der Waals surface area contributed by atoms with E-state index in [4.69, 9.17) is 4.74 Å². The maximum atomic E-state index is 10.5. The highest BCUT2D eigenvalue weighted by Gasteiger charge is 2.06. The number of hydrogen-bond donors (Lipinski definition) is 0. The topological polar surface area (TPSA) is 52.4 Å². The van der Waals surface area contributed by atoms with Crippen molar-refractivity contribution in [2.45, 2.75) is 32.6 Å². The van der Waals surface area contributed by atoms with E-state index in [9.17, 15) is 10.1 Å². The van der Waals surface area contributed by atoms with Crippen LogP contribution in [0.25, 0.3) is 0 Å². The minimum Gasteiger partial charge on any atom is -0.499 e. The van der Waals surface area contributed by atoms with Crippen LogP contribution in [0.1, 0.15) is 32.6 Å². The Morgan fingerprint density at radius 2 is 2.05 bits per heavy atom. The second-order valence-corrected chi connectivity index (χ2v) is 4.27. The molecule has 0 radical (unpaired) electrons. The molecule has 1 rings (SSSR count). The highest BCUT2D eigenvalue weighted by molar-refractivity contribution is 5.39. The van der Waals surface area contributed by atoms with Gasteiger partial charge in [-0.05, 0) is 12.8 Å². The van der Waals surface area contributed by atoms with Crippen LogP contribution in [0.4, 0.5) is 0 Å². The number of ether oxygens (including phenoxy) is 1. The summed E-state index contributed by atoms with van der Waals surface area (Å²) in [5.74, 6) is 0. The molecule has 0 unspecified atom stereocenters. The molecule has 0 saturated carbocycles. The fourth-order valence-electron chi connectivity index (χ4n) is 1.57. The number of unbranched alkanes of at least 4 members (excludes halogenated alkanes) is 3. The Morgan fingerprint density at radius 3 is 2.68 bits per heavy atom. The van der Waals surface area contributed by atoms with Gasteiger partial charge in [0.2, 0.25) is 0 Å². The molecular weight excluding hydrogens is 242 g/mol. The van der Waals surface area contributed by atoms with Crippen LogP contribution in [0.5, 0.6) is 0 Å². The second-order valence-electron chi connectivity index (χ2n) is 4.27. The van der Waals surface area contributed by atoms with E-state index in [-0.39, 0.29) is 6.04 Å². The summed E-state index contributed by atoms with van der Waals surface area (Å²) in [7, 11) is 0. The van der Waals surface area contributed by atoms with Gasteiger partial charge < -0.3 is 4.74 Å². The van der Waals surface area contributed by atoms with E-state index in [0.717, 1.165) is 12.0 Å². The first kappa shape index (κ1) is 15.1. The number of nitrogens with zero attached hydrogens (tertiary/aromatic N) is 1. The third kappa shape index (κ3) is 6.50. The van der Waals surface area contributed by atoms with Crippen molar-refractivity contribution < 1.29 is 9.66 Å². The summed E-state index contributed by atoms with van der Waals surface area (Å²) in [6.07, 6.45) is 16.8. The van der Waals surface area contributed by atoms with Gasteiger partial charge in [0.25, 0.3) is 0 Å². The van der Waals surface area contributed by atoms with Gasteiger partial charge in [-0.2, -0.15) is 12.2 Å². The van der Waals surface area contributed by atoms with E-state index in [1.165, 1.54) is 31.4 Å². The molecule has 19 heavy (non-hydrogen) atoms. The quantitative estimate of drug-likeness (QED) is 0.166. The van der Waals surface area contributed by atoms with E-state index in [1.54, 1.807) is 18.4 Å². The zero-order valence-electron chi connectivity index (χ0n) is 11.2. The van der Waals surface area contributed by atoms with Gasteiger partial charge in [-0.1, -0.05) is 49.6 Å². The van der Waals surface area contributed by atoms with Gasteiger partial charge in [-0.15, -0.1) is 0 Å². The van der Waals surface area contributed by atoms with Crippen LogP contribution in [-0.4, -0.2) is 11.5 Å². The summed E-state index contributed by atoms with van der Waals surface area (Å²) in [5, 5.41) is 10.5. The van der Waals surface area contributed by atoms with Crippen LogP contribution in [-0.2, 0) is 4.74 Å². The summed E-state index contributed by atoms with van der Waals surface area (Å²) in [6.45, 7) is 2.72. The Balaban J connectivity index is 2.19. The fourth-order valence-corrected chi connectivity index (χ4v) is 1.57. The van der Waals surface area contributed by atoms with Gasteiger partial charge >= 0.3 is 0 Å². The number of allylic oxidation sites excluding steroid dienone is 4. The van der Waals surface area contributed by atoms with E-state index >= 15 is 0 Å². The van der Waals surface area contributed by atoms with E-state index in [1.807, 2.05) is 6.08 Å². The molecule has 0 heterocycles. The highest BCUT2D eigenvalue weighted by atomic mass is 16.6. The van der Waals surface area contributed by atoms with Crippen molar-refractivity contribution in [1.29, 1.82) is 0 Å². The Hall–Kier alpha value is -1.97. The molecule has 0 bridgehead atoms. The van der Waals surface area contributed by atoms with Crippen molar-refractivity contribution >= 4 is 0 Å². The maximum Gasteiger partial charge on any atom is 0.163 e. The minimum atomic E-state index is -0.413. The lowest BCUT2D eigenvalue weighted by atomic mass is 10.1. The molecule has 4 nitrogen and oxygen atoms in total. The van der Waals surface area contributed by atoms with Gasteiger partial charge in [-0.3, -0.25) is 10.1 Å². The molecule has 0 aromatic carbocycles. The first-order valence-corrected chi connectivity index (χ1v) is 6.58. The van der Waals surface area contributed by atoms with Gasteiger partial charge in [0.15, 0.2) is 6.04 Å². The molecule has 4 heteroatoms. The van der Waals surface area contributed by atoms with E-state index in [0.29, 0.717) is 6.61 Å². The van der Waals surface area contributed by atoms with Crippen molar-refractivity contribution in [3.63, 3.8) is 0 Å². The first-order chi connectivity index (χ1) is 9.24. The molecule has 0 saturated heterocycles. The lowest BCUT2D eigenvalue weighted by Gasteiger charge is -2.12. The van der Waals surface area contributed by atoms with Crippen LogP contribution < -0.4 is 0 Å². The molecule has 0 fully saturated rings. The largest absolute Gasteiger partial charge is 0.499 e. The molecule has 0 spiro atoms. The predicted octanol–water partition coefficient (Wildman–Crippen LogP) is 3.96. The zero-order valence-corrected chi connectivity index (χ0v) is 11.2. The summed E-state index contributed by atoms with van der Waals surface area (Å²) >= 11 is 0. The van der Waals surface area contributed by atoms with Crippen molar-refractivity contribution in [2.24, 2.45) is 0 Å². The number of rotatable bonds is 8. The standard InChI is InChI=1S/C15H20NO3/c1-2-3-4-5-6-7-12-19-13-14-8-10-15(11-9-14)16(17)18/h6-11,13H,2-5,12H2,1H3/q-1/b7-6+. The Morgan fingerprint density at radius 1 is 1.32 bits per heavy atom. The van der Waals surface area contributed by atoms with Crippen molar-refractivity contribution in [2.75, 3.05) is 6.61 Å². The van der Waals surface area contributed by atoms with Gasteiger partial charge in [0, 0.05) is 4.92 Å². The Bertz CT molecular complexity index is 378. The van der Waals surface area contributed by atoms with E-state index < -0.39 is 4.92 Å². The molecule has 0 aromatic heterocycles. The summed E-state index contributed by atoms with van der Waals surface area (Å²) in [6, 6.07) is 0.0907. The zero-order chi connectivity index (χ0) is 13.9. The third-order valence-corrected chi connectivity index (χ3v) is 2.66. The summed E-state index contributed by atoms with van der Waals surface area (Å²) < 4.78 is 5.34.